The molecule has 262 valence electrons. The first-order chi connectivity index (χ1) is 25.5. The number of benzene rings is 3. The van der Waals surface area contributed by atoms with Crippen LogP contribution in [0.2, 0.25) is 0 Å². The average molecular weight is 681 g/mol. The van der Waals surface area contributed by atoms with E-state index in [2.05, 4.69) is 152 Å². The lowest BCUT2D eigenvalue weighted by molar-refractivity contribution is 0.439. The van der Waals surface area contributed by atoms with Gasteiger partial charge in [-0.2, -0.15) is 0 Å². The Morgan fingerprint density at radius 1 is 0.769 bits per heavy atom. The van der Waals surface area contributed by atoms with Gasteiger partial charge in [0, 0.05) is 44.8 Å². The minimum Gasteiger partial charge on any atom is -0.359 e. The third kappa shape index (κ3) is 6.01. The third-order valence-corrected chi connectivity index (χ3v) is 13.2. The van der Waals surface area contributed by atoms with Crippen molar-refractivity contribution in [3.8, 4) is 5.69 Å². The first-order valence-electron chi connectivity index (χ1n) is 20.0. The maximum Gasteiger partial charge on any atom is 0.0495 e. The number of aromatic nitrogens is 1. The van der Waals surface area contributed by atoms with E-state index in [0.29, 0.717) is 5.92 Å². The van der Waals surface area contributed by atoms with Crippen LogP contribution >= 0.6 is 0 Å². The van der Waals surface area contributed by atoms with Crippen LogP contribution < -0.4 is 15.9 Å². The van der Waals surface area contributed by atoms with Gasteiger partial charge in [0.15, 0.2) is 0 Å². The van der Waals surface area contributed by atoms with Crippen LogP contribution in [0.5, 0.6) is 0 Å². The molecule has 2 heteroatoms. The molecule has 52 heavy (non-hydrogen) atoms. The highest BCUT2D eigenvalue weighted by Gasteiger charge is 2.27. The molecule has 1 heterocycles. The molecule has 1 fully saturated rings. The van der Waals surface area contributed by atoms with E-state index < -0.39 is 0 Å². The molecule has 2 atom stereocenters. The molecule has 5 aliphatic rings. The fourth-order valence-electron chi connectivity index (χ4n) is 9.29. The topological polar surface area (TPSA) is 17.0 Å². The molecule has 9 rings (SSSR count). The summed E-state index contributed by atoms with van der Waals surface area (Å²) in [6, 6.07) is 29.6. The van der Waals surface area contributed by atoms with Crippen LogP contribution in [0, 0.1) is 5.92 Å². The van der Waals surface area contributed by atoms with Crippen LogP contribution in [0.25, 0.3) is 29.5 Å². The van der Waals surface area contributed by atoms with Gasteiger partial charge in [0.1, 0.15) is 0 Å². The minimum atomic E-state index is 0.247. The lowest BCUT2D eigenvalue weighted by Gasteiger charge is -2.32. The van der Waals surface area contributed by atoms with Crippen LogP contribution in [-0.2, 0) is 11.8 Å². The first kappa shape index (κ1) is 33.0. The SMILES string of the molecule is CCC(C)(CC)c1ccc(C2C=c3c4c(n(-c5ccccc5)c3=CC2)CCC(C2=CC=C(Nc3cccc(C5=CCC6CCC6=C5)c3)CC2)=C4)cc1. The van der Waals surface area contributed by atoms with Crippen LogP contribution in [0.3, 0.4) is 0 Å². The Bertz CT molecular complexity index is 2300. The van der Waals surface area contributed by atoms with Gasteiger partial charge >= 0.3 is 0 Å². The Balaban J connectivity index is 1.01. The zero-order valence-electron chi connectivity index (χ0n) is 31.2. The molecule has 4 aromatic rings. The number of hydrogen-bond donors (Lipinski definition) is 1. The van der Waals surface area contributed by atoms with Crippen molar-refractivity contribution in [2.24, 2.45) is 5.92 Å². The van der Waals surface area contributed by atoms with E-state index in [1.165, 1.54) is 104 Å². The molecular formula is C50H52N2. The molecule has 2 nitrogen and oxygen atoms in total. The van der Waals surface area contributed by atoms with Crippen molar-refractivity contribution < 1.29 is 0 Å². The Hall–Kier alpha value is -4.82. The lowest BCUT2D eigenvalue weighted by Crippen LogP contribution is -2.32. The average Bonchev–Trinajstić information content (AvgIpc) is 3.52. The van der Waals surface area contributed by atoms with Crippen molar-refractivity contribution in [3.05, 3.63) is 164 Å². The highest BCUT2D eigenvalue weighted by molar-refractivity contribution is 5.78. The molecule has 3 aromatic carbocycles. The molecule has 0 aliphatic heterocycles. The Kier molecular flexibility index (Phi) is 8.66. The smallest absolute Gasteiger partial charge is 0.0495 e. The number of fused-ring (bicyclic) bond motifs is 4. The van der Waals surface area contributed by atoms with Crippen LogP contribution in [-0.4, -0.2) is 4.57 Å². The van der Waals surface area contributed by atoms with Gasteiger partial charge in [-0.25, -0.2) is 0 Å². The van der Waals surface area contributed by atoms with E-state index in [0.717, 1.165) is 38.0 Å². The van der Waals surface area contributed by atoms with Crippen molar-refractivity contribution in [2.75, 3.05) is 5.32 Å². The van der Waals surface area contributed by atoms with E-state index in [1.807, 2.05) is 0 Å². The Morgan fingerprint density at radius 3 is 2.33 bits per heavy atom. The fraction of sp³-hybridized carbons (Fsp3) is 0.320. The molecule has 0 radical (unpaired) electrons. The standard InChI is InChI=1S/C50H52N2/c1-4-50(3,5-2)42-24-18-35(19-25-42)40-22-28-48-46(32-40)47-33-41(23-29-49(47)52(48)45-12-7-6-8-13-45)36-20-26-43(27-21-36)51-44-11-9-10-37(31-44)39-17-15-34-14-16-38(34)30-39/h6-13,17-20,24-26,28,30-34,40,51H,4-5,14-16,21-23,27,29H2,1-3H3. The van der Waals surface area contributed by atoms with Gasteiger partial charge in [-0.05, 0) is 145 Å². The zero-order chi connectivity index (χ0) is 35.2. The van der Waals surface area contributed by atoms with Crippen LogP contribution in [0.1, 0.15) is 112 Å². The summed E-state index contributed by atoms with van der Waals surface area (Å²) in [4.78, 5) is 0. The second kappa shape index (κ2) is 13.6. The molecule has 1 N–H and O–H groups in total. The second-order valence-corrected chi connectivity index (χ2v) is 16.0. The van der Waals surface area contributed by atoms with Crippen LogP contribution in [0.15, 0.2) is 126 Å². The lowest BCUT2D eigenvalue weighted by atomic mass is 9.73. The van der Waals surface area contributed by atoms with Gasteiger partial charge in [0.2, 0.25) is 0 Å². The number of rotatable bonds is 9. The number of nitrogens with one attached hydrogen (secondary N) is 1. The van der Waals surface area contributed by atoms with Gasteiger partial charge in [0.05, 0.1) is 0 Å². The number of allylic oxidation sites excluding steroid dienone is 9. The summed E-state index contributed by atoms with van der Waals surface area (Å²) in [7, 11) is 0. The van der Waals surface area contributed by atoms with Crippen LogP contribution in [0.4, 0.5) is 5.69 Å². The molecule has 0 bridgehead atoms. The molecule has 0 saturated heterocycles. The summed E-state index contributed by atoms with van der Waals surface area (Å²) in [6.07, 6.45) is 28.7. The van der Waals surface area contributed by atoms with Gasteiger partial charge in [-0.3, -0.25) is 0 Å². The van der Waals surface area contributed by atoms with Crippen molar-refractivity contribution in [2.45, 2.75) is 96.3 Å². The normalized spacial score (nSPS) is 20.6. The highest BCUT2D eigenvalue weighted by Crippen LogP contribution is 2.42. The predicted octanol–water partition coefficient (Wildman–Crippen LogP) is 11.5. The molecular weight excluding hydrogens is 629 g/mol. The maximum absolute atomic E-state index is 3.77. The van der Waals surface area contributed by atoms with Crippen molar-refractivity contribution in [3.63, 3.8) is 0 Å². The first-order valence-corrected chi connectivity index (χ1v) is 20.0. The Morgan fingerprint density at radius 2 is 1.60 bits per heavy atom. The number of hydrogen-bond acceptors (Lipinski definition) is 1. The van der Waals surface area contributed by atoms with Gasteiger partial charge in [0.25, 0.3) is 0 Å². The summed E-state index contributed by atoms with van der Waals surface area (Å²) in [5.74, 6) is 1.20. The Labute approximate surface area is 310 Å². The highest BCUT2D eigenvalue weighted by atomic mass is 15.0. The predicted molar refractivity (Wildman–Crippen MR) is 221 cm³/mol. The number of nitrogens with zero attached hydrogens (tertiary/aromatic N) is 1. The van der Waals surface area contributed by atoms with E-state index >= 15 is 0 Å². The van der Waals surface area contributed by atoms with E-state index in [9.17, 15) is 0 Å². The number of anilines is 1. The summed E-state index contributed by atoms with van der Waals surface area (Å²) in [6.45, 7) is 7.04. The maximum atomic E-state index is 3.77. The summed E-state index contributed by atoms with van der Waals surface area (Å²) >= 11 is 0. The van der Waals surface area contributed by atoms with Crippen molar-refractivity contribution in [1.29, 1.82) is 0 Å². The summed E-state index contributed by atoms with van der Waals surface area (Å²) in [5, 5.41) is 6.55. The van der Waals surface area contributed by atoms with Crippen molar-refractivity contribution >= 4 is 29.5 Å². The minimum absolute atomic E-state index is 0.247. The zero-order valence-corrected chi connectivity index (χ0v) is 31.2. The van der Waals surface area contributed by atoms with Gasteiger partial charge < -0.3 is 9.88 Å². The second-order valence-electron chi connectivity index (χ2n) is 16.0. The molecule has 1 saturated carbocycles. The quantitative estimate of drug-likeness (QED) is 0.186. The van der Waals surface area contributed by atoms with E-state index in [-0.39, 0.29) is 5.41 Å². The summed E-state index contributed by atoms with van der Waals surface area (Å²) < 4.78 is 2.55. The van der Waals surface area contributed by atoms with Gasteiger partial charge in [-0.15, -0.1) is 0 Å². The molecule has 1 aromatic heterocycles. The van der Waals surface area contributed by atoms with Gasteiger partial charge in [-0.1, -0.05) is 111 Å². The fourth-order valence-corrected chi connectivity index (χ4v) is 9.29. The van der Waals surface area contributed by atoms with E-state index in [1.54, 1.807) is 5.57 Å². The molecule has 2 unspecified atom stereocenters. The molecule has 0 spiro atoms. The monoisotopic (exact) mass is 680 g/mol. The van der Waals surface area contributed by atoms with E-state index in [4.69, 9.17) is 0 Å². The summed E-state index contributed by atoms with van der Waals surface area (Å²) in [5.41, 5.74) is 17.1. The molecule has 0 amide bonds. The van der Waals surface area contributed by atoms with Crippen molar-refractivity contribution in [1.82, 2.24) is 4.57 Å². The third-order valence-electron chi connectivity index (χ3n) is 13.2. The largest absolute Gasteiger partial charge is 0.359 e. The number of para-hydroxylation sites is 1. The molecule has 5 aliphatic carbocycles.